The fraction of sp³-hybridized carbons (Fsp3) is 0.625. The van der Waals surface area contributed by atoms with E-state index in [4.69, 9.17) is 21.3 Å². The number of allylic oxidation sites excluding steroid dienone is 1. The van der Waals surface area contributed by atoms with Crippen LogP contribution in [0.2, 0.25) is 19.6 Å². The fourth-order valence-electron chi connectivity index (χ4n) is 0.649. The molecule has 0 heterocycles. The van der Waals surface area contributed by atoms with Gasteiger partial charge in [0.2, 0.25) is 0 Å². The Bertz CT molecular complexity index is 214. The molecule has 0 aromatic carbocycles. The normalized spacial score (nSPS) is 15.5. The first kappa shape index (κ1) is 11.7. The van der Waals surface area contributed by atoms with Crippen molar-refractivity contribution in [3.8, 4) is 6.07 Å². The summed E-state index contributed by atoms with van der Waals surface area (Å²) in [7, 11) is -1.67. The summed E-state index contributed by atoms with van der Waals surface area (Å²) >= 11 is 5.77. The van der Waals surface area contributed by atoms with Crippen molar-refractivity contribution in [2.75, 3.05) is 0 Å². The molecule has 68 valence electrons. The highest BCUT2D eigenvalue weighted by atomic mass is 35.5. The topological polar surface area (TPSA) is 33.0 Å². The van der Waals surface area contributed by atoms with Gasteiger partial charge in [0.25, 0.3) is 0 Å². The van der Waals surface area contributed by atoms with Crippen LogP contribution in [0.1, 0.15) is 6.92 Å². The molecule has 0 aliphatic heterocycles. The summed E-state index contributed by atoms with van der Waals surface area (Å²) in [5.41, 5.74) is 0. The Labute approximate surface area is 79.9 Å². The number of nitrogens with zero attached hydrogens (tertiary/aromatic N) is 1. The Morgan fingerprint density at radius 2 is 2.08 bits per heavy atom. The molecule has 1 atom stereocenters. The summed E-state index contributed by atoms with van der Waals surface area (Å²) in [5.74, 6) is 0. The molecule has 0 saturated carbocycles. The molecule has 4 heteroatoms. The largest absolute Gasteiger partial charge is 0.398 e. The highest BCUT2D eigenvalue weighted by Gasteiger charge is 2.22. The van der Waals surface area contributed by atoms with Crippen LogP contribution in [0.15, 0.2) is 11.1 Å². The van der Waals surface area contributed by atoms with Crippen LogP contribution in [0, 0.1) is 11.3 Å². The van der Waals surface area contributed by atoms with Gasteiger partial charge >= 0.3 is 0 Å². The first-order valence-electron chi connectivity index (χ1n) is 3.80. The molecule has 0 fully saturated rings. The summed E-state index contributed by atoms with van der Waals surface area (Å²) in [6, 6.07) is 2.02. The van der Waals surface area contributed by atoms with Crippen LogP contribution in [0.3, 0.4) is 0 Å². The van der Waals surface area contributed by atoms with Gasteiger partial charge in [0.1, 0.15) is 0 Å². The van der Waals surface area contributed by atoms with Gasteiger partial charge in [-0.3, -0.25) is 0 Å². The van der Waals surface area contributed by atoms with E-state index in [9.17, 15) is 0 Å². The van der Waals surface area contributed by atoms with Crippen molar-refractivity contribution in [1.82, 2.24) is 0 Å². The molecule has 2 nitrogen and oxygen atoms in total. The predicted octanol–water partition coefficient (Wildman–Crippen LogP) is 2.87. The highest BCUT2D eigenvalue weighted by molar-refractivity contribution is 6.69. The summed E-state index contributed by atoms with van der Waals surface area (Å²) in [6.07, 6.45) is 1.11. The minimum atomic E-state index is -1.67. The molecular formula is C8H14ClNOSi. The first-order valence-corrected chi connectivity index (χ1v) is 7.58. The second-order valence-corrected chi connectivity index (χ2v) is 8.31. The lowest BCUT2D eigenvalue weighted by Crippen LogP contribution is -2.31. The molecule has 0 saturated heterocycles. The Morgan fingerprint density at radius 1 is 1.58 bits per heavy atom. The average molecular weight is 204 g/mol. The molecule has 0 aliphatic rings. The maximum atomic E-state index is 8.71. The van der Waals surface area contributed by atoms with Gasteiger partial charge in [0.15, 0.2) is 14.4 Å². The zero-order valence-corrected chi connectivity index (χ0v) is 9.64. The summed E-state index contributed by atoms with van der Waals surface area (Å²) in [6.45, 7) is 7.87. The molecule has 0 amide bonds. The van der Waals surface area contributed by atoms with Crippen LogP contribution in [-0.4, -0.2) is 14.4 Å². The van der Waals surface area contributed by atoms with Gasteiger partial charge in [-0.05, 0) is 26.6 Å². The van der Waals surface area contributed by atoms with Crippen LogP contribution in [0.25, 0.3) is 0 Å². The number of hydrogen-bond acceptors (Lipinski definition) is 2. The van der Waals surface area contributed by atoms with E-state index in [0.717, 1.165) is 0 Å². The van der Waals surface area contributed by atoms with Crippen LogP contribution >= 0.6 is 11.6 Å². The maximum absolute atomic E-state index is 8.71. The van der Waals surface area contributed by atoms with Crippen molar-refractivity contribution in [3.05, 3.63) is 11.1 Å². The summed E-state index contributed by atoms with van der Waals surface area (Å²) in [5, 5.41) is 9.18. The van der Waals surface area contributed by atoms with Gasteiger partial charge in [-0.1, -0.05) is 17.7 Å². The predicted molar refractivity (Wildman–Crippen MR) is 53.4 cm³/mol. The molecule has 1 unspecified atom stereocenters. The molecule has 0 radical (unpaired) electrons. The van der Waals surface area contributed by atoms with Crippen LogP contribution < -0.4 is 0 Å². The molecule has 0 spiro atoms. The van der Waals surface area contributed by atoms with Gasteiger partial charge in [0.05, 0.1) is 11.1 Å². The average Bonchev–Trinajstić information content (AvgIpc) is 1.97. The lowest BCUT2D eigenvalue weighted by Gasteiger charge is -2.20. The van der Waals surface area contributed by atoms with E-state index in [-0.39, 0.29) is 0 Å². The summed E-state index contributed by atoms with van der Waals surface area (Å²) < 4.78 is 5.52. The molecule has 0 aromatic heterocycles. The van der Waals surface area contributed by atoms with Gasteiger partial charge in [0, 0.05) is 0 Å². The number of hydrogen-bond donors (Lipinski definition) is 0. The quantitative estimate of drug-likeness (QED) is 0.661. The van der Waals surface area contributed by atoms with Gasteiger partial charge in [-0.15, -0.1) is 0 Å². The zero-order valence-electron chi connectivity index (χ0n) is 7.89. The van der Waals surface area contributed by atoms with E-state index >= 15 is 0 Å². The standard InChI is InChI=1S/C8H14ClNOSi/c1-5-7(9)8(6-10)11-12(2,3)4/h5,8H,1-4H3/b7-5+. The maximum Gasteiger partial charge on any atom is 0.186 e. The molecule has 12 heavy (non-hydrogen) atoms. The molecule has 0 aromatic rings. The van der Waals surface area contributed by atoms with E-state index in [1.807, 2.05) is 25.7 Å². The van der Waals surface area contributed by atoms with E-state index < -0.39 is 14.4 Å². The van der Waals surface area contributed by atoms with Crippen LogP contribution in [0.5, 0.6) is 0 Å². The van der Waals surface area contributed by atoms with E-state index in [0.29, 0.717) is 5.03 Å². The van der Waals surface area contributed by atoms with Crippen molar-refractivity contribution in [1.29, 1.82) is 5.26 Å². The third-order valence-corrected chi connectivity index (χ3v) is 2.47. The molecule has 0 bridgehead atoms. The van der Waals surface area contributed by atoms with Crippen molar-refractivity contribution < 1.29 is 4.43 Å². The number of rotatable bonds is 3. The lowest BCUT2D eigenvalue weighted by atomic mass is 10.3. The number of nitriles is 1. The van der Waals surface area contributed by atoms with Gasteiger partial charge in [-0.2, -0.15) is 5.26 Å². The van der Waals surface area contributed by atoms with Crippen LogP contribution in [-0.2, 0) is 4.43 Å². The monoisotopic (exact) mass is 203 g/mol. The molecule has 0 rings (SSSR count). The first-order chi connectivity index (χ1) is 5.40. The third kappa shape index (κ3) is 4.55. The molecule has 0 N–H and O–H groups in total. The van der Waals surface area contributed by atoms with Crippen LogP contribution in [0.4, 0.5) is 0 Å². The fourth-order valence-corrected chi connectivity index (χ4v) is 1.70. The van der Waals surface area contributed by atoms with Crippen molar-refractivity contribution >= 4 is 19.9 Å². The second-order valence-electron chi connectivity index (χ2n) is 3.41. The van der Waals surface area contributed by atoms with Gasteiger partial charge < -0.3 is 4.43 Å². The van der Waals surface area contributed by atoms with Gasteiger partial charge in [-0.25, -0.2) is 0 Å². The molecular weight excluding hydrogens is 190 g/mol. The Hall–Kier alpha value is -0.303. The minimum Gasteiger partial charge on any atom is -0.398 e. The number of halogens is 1. The van der Waals surface area contributed by atoms with Crippen molar-refractivity contribution in [2.24, 2.45) is 0 Å². The minimum absolute atomic E-state index is 0.472. The summed E-state index contributed by atoms with van der Waals surface area (Å²) in [4.78, 5) is 0. The Balaban J connectivity index is 4.32. The van der Waals surface area contributed by atoms with Crippen molar-refractivity contribution in [3.63, 3.8) is 0 Å². The van der Waals surface area contributed by atoms with E-state index in [2.05, 4.69) is 0 Å². The highest BCUT2D eigenvalue weighted by Crippen LogP contribution is 2.16. The smallest absolute Gasteiger partial charge is 0.186 e. The molecule has 0 aliphatic carbocycles. The second kappa shape index (κ2) is 4.66. The Kier molecular flexibility index (Phi) is 4.54. The van der Waals surface area contributed by atoms with E-state index in [1.165, 1.54) is 0 Å². The zero-order chi connectivity index (χ0) is 9.78. The van der Waals surface area contributed by atoms with E-state index in [1.54, 1.807) is 13.0 Å². The van der Waals surface area contributed by atoms with Crippen molar-refractivity contribution in [2.45, 2.75) is 32.7 Å². The lowest BCUT2D eigenvalue weighted by molar-refractivity contribution is 0.291. The Morgan fingerprint density at radius 3 is 2.33 bits per heavy atom. The third-order valence-electron chi connectivity index (χ3n) is 1.11. The SMILES string of the molecule is C/C=C(/Cl)C(C#N)O[Si](C)(C)C.